The molecule has 4 nitrogen and oxygen atoms in total. The zero-order chi connectivity index (χ0) is 17.3. The third-order valence-corrected chi connectivity index (χ3v) is 3.90. The largest absolute Gasteiger partial charge is 0.497 e. The fourth-order valence-electron chi connectivity index (χ4n) is 2.70. The predicted molar refractivity (Wildman–Crippen MR) is 85.4 cm³/mol. The van der Waals surface area contributed by atoms with E-state index in [1.54, 1.807) is 18.2 Å². The van der Waals surface area contributed by atoms with Crippen LogP contribution in [-0.4, -0.2) is 26.3 Å². The lowest BCUT2D eigenvalue weighted by Crippen LogP contribution is -2.37. The highest BCUT2D eigenvalue weighted by atomic mass is 19.4. The highest BCUT2D eigenvalue weighted by molar-refractivity contribution is 5.81. The molecule has 1 aliphatic rings. The van der Waals surface area contributed by atoms with Crippen molar-refractivity contribution in [1.29, 1.82) is 0 Å². The molecular formula is C17H17F3N2O2. The Bertz CT molecular complexity index is 747. The second-order valence-electron chi connectivity index (χ2n) is 5.45. The van der Waals surface area contributed by atoms with Gasteiger partial charge in [-0.05, 0) is 29.8 Å². The quantitative estimate of drug-likeness (QED) is 0.899. The van der Waals surface area contributed by atoms with Crippen LogP contribution in [0.2, 0.25) is 0 Å². The lowest BCUT2D eigenvalue weighted by atomic mass is 9.97. The zero-order valence-electron chi connectivity index (χ0n) is 13.0. The molecule has 7 heteroatoms. The van der Waals surface area contributed by atoms with E-state index in [1.165, 1.54) is 19.2 Å². The van der Waals surface area contributed by atoms with Crippen molar-refractivity contribution < 1.29 is 22.6 Å². The minimum atomic E-state index is -4.51. The number of fused-ring (bicyclic) bond motifs is 1. The Morgan fingerprint density at radius 1 is 1.25 bits per heavy atom. The van der Waals surface area contributed by atoms with Crippen LogP contribution in [0.15, 0.2) is 36.4 Å². The van der Waals surface area contributed by atoms with Gasteiger partial charge in [-0.15, -0.1) is 0 Å². The van der Waals surface area contributed by atoms with Crippen LogP contribution >= 0.6 is 0 Å². The van der Waals surface area contributed by atoms with E-state index < -0.39 is 11.7 Å². The van der Waals surface area contributed by atoms with Gasteiger partial charge in [0, 0.05) is 12.1 Å². The Kier molecular flexibility index (Phi) is 4.28. The van der Waals surface area contributed by atoms with Crippen molar-refractivity contribution in [2.24, 2.45) is 5.73 Å². The van der Waals surface area contributed by atoms with Crippen molar-refractivity contribution in [2.45, 2.75) is 12.3 Å². The topological polar surface area (TPSA) is 56.5 Å². The van der Waals surface area contributed by atoms with Gasteiger partial charge >= 0.3 is 6.18 Å². The van der Waals surface area contributed by atoms with Crippen molar-refractivity contribution in [3.63, 3.8) is 0 Å². The summed E-state index contributed by atoms with van der Waals surface area (Å²) in [5.41, 5.74) is 5.92. The molecule has 0 unspecified atom stereocenters. The molecular weight excluding hydrogens is 321 g/mol. The highest BCUT2D eigenvalue weighted by Crippen LogP contribution is 2.45. The van der Waals surface area contributed by atoms with Gasteiger partial charge in [0.25, 0.3) is 0 Å². The monoisotopic (exact) mass is 338 g/mol. The normalized spacial score (nSPS) is 16.8. The van der Waals surface area contributed by atoms with Gasteiger partial charge in [0.05, 0.1) is 24.9 Å². The van der Waals surface area contributed by atoms with Crippen LogP contribution in [0.3, 0.4) is 0 Å². The van der Waals surface area contributed by atoms with Crippen molar-refractivity contribution in [3.05, 3.63) is 42.0 Å². The molecule has 0 bridgehead atoms. The molecule has 0 saturated carbocycles. The maximum Gasteiger partial charge on any atom is 0.417 e. The minimum absolute atomic E-state index is 0.0413. The maximum absolute atomic E-state index is 13.5. The van der Waals surface area contributed by atoms with E-state index in [9.17, 15) is 13.2 Å². The van der Waals surface area contributed by atoms with E-state index in [1.807, 2.05) is 0 Å². The molecule has 128 valence electrons. The molecule has 3 rings (SSSR count). The first-order chi connectivity index (χ1) is 11.4. The van der Waals surface area contributed by atoms with Gasteiger partial charge in [-0.25, -0.2) is 0 Å². The second kappa shape index (κ2) is 6.24. The van der Waals surface area contributed by atoms with E-state index in [2.05, 4.69) is 5.32 Å². The van der Waals surface area contributed by atoms with Gasteiger partial charge < -0.3 is 20.5 Å². The smallest absolute Gasteiger partial charge is 0.417 e. The van der Waals surface area contributed by atoms with Gasteiger partial charge in [0.2, 0.25) is 0 Å². The molecule has 0 aliphatic carbocycles. The highest BCUT2D eigenvalue weighted by Gasteiger charge is 2.35. The van der Waals surface area contributed by atoms with Crippen LogP contribution in [0.4, 0.5) is 18.9 Å². The first kappa shape index (κ1) is 16.4. The molecule has 0 amide bonds. The summed E-state index contributed by atoms with van der Waals surface area (Å²) < 4.78 is 51.2. The first-order valence-corrected chi connectivity index (χ1v) is 7.43. The molecule has 24 heavy (non-hydrogen) atoms. The van der Waals surface area contributed by atoms with Crippen LogP contribution in [0.5, 0.6) is 11.5 Å². The third kappa shape index (κ3) is 2.99. The molecule has 1 aliphatic heterocycles. The molecule has 0 fully saturated rings. The number of nitrogens with one attached hydrogen (secondary N) is 1. The van der Waals surface area contributed by atoms with E-state index in [4.69, 9.17) is 15.2 Å². The molecule has 1 heterocycles. The van der Waals surface area contributed by atoms with E-state index in [0.29, 0.717) is 23.5 Å². The van der Waals surface area contributed by atoms with Crippen molar-refractivity contribution in [3.8, 4) is 22.6 Å². The number of hydrogen-bond acceptors (Lipinski definition) is 4. The Labute approximate surface area is 137 Å². The summed E-state index contributed by atoms with van der Waals surface area (Å²) in [5, 5.41) is 3.14. The molecule has 3 N–H and O–H groups in total. The summed E-state index contributed by atoms with van der Waals surface area (Å²) in [4.78, 5) is 0. The molecule has 1 atom stereocenters. The van der Waals surface area contributed by atoms with Gasteiger partial charge in [-0.2, -0.15) is 13.2 Å². The summed E-state index contributed by atoms with van der Waals surface area (Å²) in [5.74, 6) is 0.532. The van der Waals surface area contributed by atoms with Crippen LogP contribution in [-0.2, 0) is 6.18 Å². The number of ether oxygens (including phenoxy) is 2. The van der Waals surface area contributed by atoms with Gasteiger partial charge in [-0.1, -0.05) is 12.1 Å². The molecule has 0 spiro atoms. The molecule has 0 saturated heterocycles. The fraction of sp³-hybridized carbons (Fsp3) is 0.294. The summed E-state index contributed by atoms with van der Waals surface area (Å²) in [6.45, 7) is 0.789. The van der Waals surface area contributed by atoms with Crippen LogP contribution in [0, 0.1) is 0 Å². The number of halogens is 3. The van der Waals surface area contributed by atoms with Crippen LogP contribution < -0.4 is 20.5 Å². The SMILES string of the molecule is COc1ccc(-c2cccc3c2O[C@@H](CN)CN3)c(C(F)(F)F)c1. The maximum atomic E-state index is 13.5. The average molecular weight is 338 g/mol. The summed E-state index contributed by atoms with van der Waals surface area (Å²) in [6.07, 6.45) is -4.80. The molecule has 0 aromatic heterocycles. The number of methoxy groups -OCH3 is 1. The van der Waals surface area contributed by atoms with Gasteiger partial charge in [0.15, 0.2) is 5.75 Å². The van der Waals surface area contributed by atoms with Crippen molar-refractivity contribution in [2.75, 3.05) is 25.5 Å². The Balaban J connectivity index is 2.17. The number of anilines is 1. The number of nitrogens with two attached hydrogens (primary N) is 1. The van der Waals surface area contributed by atoms with Gasteiger partial charge in [0.1, 0.15) is 11.9 Å². The van der Waals surface area contributed by atoms with Crippen LogP contribution in [0.1, 0.15) is 5.56 Å². The summed E-state index contributed by atoms with van der Waals surface area (Å²) >= 11 is 0. The lowest BCUT2D eigenvalue weighted by Gasteiger charge is -2.29. The van der Waals surface area contributed by atoms with E-state index in [0.717, 1.165) is 6.07 Å². The Hall–Kier alpha value is -2.41. The molecule has 2 aromatic rings. The molecule has 2 aromatic carbocycles. The van der Waals surface area contributed by atoms with Gasteiger partial charge in [-0.3, -0.25) is 0 Å². The van der Waals surface area contributed by atoms with E-state index >= 15 is 0 Å². The third-order valence-electron chi connectivity index (χ3n) is 3.90. The summed E-state index contributed by atoms with van der Waals surface area (Å²) in [7, 11) is 1.33. The van der Waals surface area contributed by atoms with Crippen molar-refractivity contribution >= 4 is 5.69 Å². The average Bonchev–Trinajstić information content (AvgIpc) is 2.59. The fourth-order valence-corrected chi connectivity index (χ4v) is 2.70. The van der Waals surface area contributed by atoms with Crippen LogP contribution in [0.25, 0.3) is 11.1 Å². The standard InChI is InChI=1S/C17H17F3N2O2/c1-23-10-5-6-12(14(7-10)17(18,19)20)13-3-2-4-15-16(13)24-11(8-21)9-22-15/h2-7,11,22H,8-9,21H2,1H3/t11-/m0/s1. The predicted octanol–water partition coefficient (Wildman–Crippen LogP) is 3.51. The number of para-hydroxylation sites is 1. The number of alkyl halides is 3. The summed E-state index contributed by atoms with van der Waals surface area (Å²) in [6, 6.07) is 8.95. The number of benzene rings is 2. The molecule has 0 radical (unpaired) electrons. The number of rotatable bonds is 3. The first-order valence-electron chi connectivity index (χ1n) is 7.43. The van der Waals surface area contributed by atoms with Crippen molar-refractivity contribution in [1.82, 2.24) is 0 Å². The number of hydrogen-bond donors (Lipinski definition) is 2. The zero-order valence-corrected chi connectivity index (χ0v) is 13.0. The van der Waals surface area contributed by atoms with E-state index in [-0.39, 0.29) is 24.0 Å². The Morgan fingerprint density at radius 3 is 2.71 bits per heavy atom. The lowest BCUT2D eigenvalue weighted by molar-refractivity contribution is -0.137. The second-order valence-corrected chi connectivity index (χ2v) is 5.45. The minimum Gasteiger partial charge on any atom is -0.497 e. The Morgan fingerprint density at radius 2 is 2.04 bits per heavy atom.